The van der Waals surface area contributed by atoms with E-state index in [0.717, 1.165) is 21.6 Å². The molecule has 0 bridgehead atoms. The molecule has 4 rings (SSSR count). The molecule has 0 aliphatic carbocycles. The highest BCUT2D eigenvalue weighted by molar-refractivity contribution is 5.82. The molecular formula is C24H24N4O7. The van der Waals surface area contributed by atoms with Crippen molar-refractivity contribution in [1.29, 1.82) is 5.26 Å². The second-order valence-corrected chi connectivity index (χ2v) is 8.36. The van der Waals surface area contributed by atoms with Gasteiger partial charge in [0.05, 0.1) is 37.4 Å². The number of aromatic nitrogens is 1. The molecule has 2 heterocycles. The first kappa shape index (κ1) is 24.0. The number of aryl methyl sites for hydroxylation is 1. The Balaban J connectivity index is 1.42. The van der Waals surface area contributed by atoms with Crippen molar-refractivity contribution >= 4 is 23.1 Å². The summed E-state index contributed by atoms with van der Waals surface area (Å²) in [5, 5.41) is 31.1. The van der Waals surface area contributed by atoms with E-state index in [2.05, 4.69) is 5.32 Å². The lowest BCUT2D eigenvalue weighted by Crippen LogP contribution is -2.47. The molecule has 2 amide bonds. The second kappa shape index (κ2) is 10.0. The van der Waals surface area contributed by atoms with Gasteiger partial charge in [0.15, 0.2) is 11.7 Å². The van der Waals surface area contributed by atoms with Crippen LogP contribution in [0, 0.1) is 11.3 Å². The van der Waals surface area contributed by atoms with E-state index in [1.807, 2.05) is 42.5 Å². The number of amides is 2. The van der Waals surface area contributed by atoms with Crippen LogP contribution in [0.25, 0.3) is 22.2 Å². The summed E-state index contributed by atoms with van der Waals surface area (Å²) in [7, 11) is 1.64. The van der Waals surface area contributed by atoms with E-state index in [4.69, 9.17) is 9.15 Å². The van der Waals surface area contributed by atoms with Gasteiger partial charge in [-0.15, -0.1) is 0 Å². The summed E-state index contributed by atoms with van der Waals surface area (Å²) >= 11 is 0. The maximum atomic E-state index is 12.6. The number of oxazole rings is 1. The van der Waals surface area contributed by atoms with Gasteiger partial charge in [0.25, 0.3) is 5.91 Å². The van der Waals surface area contributed by atoms with Crippen molar-refractivity contribution in [2.24, 2.45) is 7.05 Å². The monoisotopic (exact) mass is 480 g/mol. The molecule has 0 saturated carbocycles. The summed E-state index contributed by atoms with van der Waals surface area (Å²) in [6.07, 6.45) is -3.20. The minimum absolute atomic E-state index is 0.156. The van der Waals surface area contributed by atoms with E-state index >= 15 is 0 Å². The smallest absolute Gasteiger partial charge is 0.419 e. The first-order valence-electron chi connectivity index (χ1n) is 10.9. The van der Waals surface area contributed by atoms with Crippen LogP contribution < -0.4 is 11.1 Å². The van der Waals surface area contributed by atoms with Crippen molar-refractivity contribution in [3.05, 3.63) is 58.6 Å². The molecule has 1 saturated heterocycles. The number of aliphatic hydroxyl groups excluding tert-OH is 1. The number of nitrogens with one attached hydrogen (secondary N) is 1. The summed E-state index contributed by atoms with van der Waals surface area (Å²) in [6, 6.07) is 14.1. The van der Waals surface area contributed by atoms with Crippen molar-refractivity contribution in [2.45, 2.75) is 24.7 Å². The number of ether oxygens (including phenoxy) is 1. The Kier molecular flexibility index (Phi) is 6.86. The van der Waals surface area contributed by atoms with Gasteiger partial charge in [-0.3, -0.25) is 9.36 Å². The number of hydrogen-bond acceptors (Lipinski definition) is 7. The first-order valence-corrected chi connectivity index (χ1v) is 10.9. The number of benzene rings is 2. The zero-order chi connectivity index (χ0) is 25.1. The number of aliphatic hydroxyl groups is 1. The third-order valence-corrected chi connectivity index (χ3v) is 5.86. The fourth-order valence-corrected chi connectivity index (χ4v) is 3.95. The molecule has 1 fully saturated rings. The lowest BCUT2D eigenvalue weighted by molar-refractivity contribution is -0.133. The number of fused-ring (bicyclic) bond motifs is 1. The summed E-state index contributed by atoms with van der Waals surface area (Å²) in [4.78, 5) is 36.6. The summed E-state index contributed by atoms with van der Waals surface area (Å²) in [5.74, 6) is -1.05. The highest BCUT2D eigenvalue weighted by Crippen LogP contribution is 2.24. The number of carbonyl (C=O) groups excluding carboxylic acids is 1. The number of β-amino-alcohol motifs (C(OH)–C–C–N with tert-alkyl or cyclic N) is 1. The predicted octanol–water partition coefficient (Wildman–Crippen LogP) is 1.09. The Hall–Kier alpha value is -4.14. The SMILES string of the molecule is Cn1c(=O)oc2ccc(-c3ccc(C[C@@H](C#N)NC(=O)[C@@H]4CN(C(=O)O)C[C@@H](O)CO4)cc3)cc21. The number of hydrogen-bond donors (Lipinski definition) is 3. The first-order chi connectivity index (χ1) is 16.7. The van der Waals surface area contributed by atoms with E-state index in [0.29, 0.717) is 11.1 Å². The van der Waals surface area contributed by atoms with Gasteiger partial charge in [0.1, 0.15) is 6.04 Å². The van der Waals surface area contributed by atoms with Crippen LogP contribution in [0.1, 0.15) is 5.56 Å². The normalized spacial score (nSPS) is 19.1. The van der Waals surface area contributed by atoms with Crippen LogP contribution in [0.3, 0.4) is 0 Å². The van der Waals surface area contributed by atoms with Crippen LogP contribution in [0.2, 0.25) is 0 Å². The van der Waals surface area contributed by atoms with E-state index in [1.165, 1.54) is 4.57 Å². The number of nitrogens with zero attached hydrogens (tertiary/aromatic N) is 3. The minimum Gasteiger partial charge on any atom is -0.465 e. The molecule has 11 heteroatoms. The molecular weight excluding hydrogens is 456 g/mol. The average Bonchev–Trinajstić information content (AvgIpc) is 2.99. The molecule has 2 aromatic carbocycles. The van der Waals surface area contributed by atoms with Crippen molar-refractivity contribution in [2.75, 3.05) is 19.7 Å². The molecule has 0 radical (unpaired) electrons. The fourth-order valence-electron chi connectivity index (χ4n) is 3.95. The molecule has 3 aromatic rings. The Bertz CT molecular complexity index is 1340. The largest absolute Gasteiger partial charge is 0.465 e. The molecule has 182 valence electrons. The fraction of sp³-hybridized carbons (Fsp3) is 0.333. The van der Waals surface area contributed by atoms with Crippen LogP contribution in [0.15, 0.2) is 51.7 Å². The Morgan fingerprint density at radius 2 is 1.91 bits per heavy atom. The van der Waals surface area contributed by atoms with Crippen LogP contribution >= 0.6 is 0 Å². The quantitative estimate of drug-likeness (QED) is 0.490. The van der Waals surface area contributed by atoms with E-state index in [-0.39, 0.29) is 26.1 Å². The topological polar surface area (TPSA) is 158 Å². The van der Waals surface area contributed by atoms with Gasteiger partial charge in [-0.05, 0) is 28.8 Å². The van der Waals surface area contributed by atoms with Gasteiger partial charge in [0.2, 0.25) is 0 Å². The third-order valence-electron chi connectivity index (χ3n) is 5.86. The Labute approximate surface area is 199 Å². The van der Waals surface area contributed by atoms with Gasteiger partial charge in [-0.25, -0.2) is 9.59 Å². The maximum absolute atomic E-state index is 12.6. The van der Waals surface area contributed by atoms with Crippen LogP contribution in [0.4, 0.5) is 4.79 Å². The number of rotatable bonds is 5. The predicted molar refractivity (Wildman–Crippen MR) is 123 cm³/mol. The number of carbonyl (C=O) groups is 2. The average molecular weight is 480 g/mol. The van der Waals surface area contributed by atoms with Crippen molar-refractivity contribution in [3.63, 3.8) is 0 Å². The van der Waals surface area contributed by atoms with Gasteiger partial charge in [0, 0.05) is 13.5 Å². The van der Waals surface area contributed by atoms with Crippen LogP contribution in [-0.4, -0.2) is 69.6 Å². The molecule has 1 aliphatic rings. The lowest BCUT2D eigenvalue weighted by atomic mass is 10.0. The van der Waals surface area contributed by atoms with Crippen molar-refractivity contribution in [3.8, 4) is 17.2 Å². The summed E-state index contributed by atoms with van der Waals surface area (Å²) in [5.41, 5.74) is 3.78. The highest BCUT2D eigenvalue weighted by Gasteiger charge is 2.31. The summed E-state index contributed by atoms with van der Waals surface area (Å²) < 4.78 is 11.9. The van der Waals surface area contributed by atoms with E-state index in [9.17, 15) is 29.9 Å². The zero-order valence-electron chi connectivity index (χ0n) is 18.9. The van der Waals surface area contributed by atoms with Gasteiger partial charge in [-0.2, -0.15) is 5.26 Å². The molecule has 0 spiro atoms. The van der Waals surface area contributed by atoms with Crippen molar-refractivity contribution < 1.29 is 29.0 Å². The van der Waals surface area contributed by atoms with Gasteiger partial charge in [-0.1, -0.05) is 30.3 Å². The lowest BCUT2D eigenvalue weighted by Gasteiger charge is -2.22. The second-order valence-electron chi connectivity index (χ2n) is 8.36. The third kappa shape index (κ3) is 5.34. The molecule has 1 aliphatic heterocycles. The number of carboxylic acid groups (broad SMARTS) is 1. The van der Waals surface area contributed by atoms with E-state index in [1.54, 1.807) is 13.1 Å². The molecule has 3 N–H and O–H groups in total. The van der Waals surface area contributed by atoms with Gasteiger partial charge < -0.3 is 29.6 Å². The van der Waals surface area contributed by atoms with Gasteiger partial charge >= 0.3 is 11.8 Å². The standard InChI is InChI=1S/C24H24N4O7/c1-27-19-9-16(6-7-20(19)35-24(27)33)15-4-2-14(3-5-15)8-17(10-25)26-22(30)21-12-28(23(31)32)11-18(29)13-34-21/h2-7,9,17-18,21,29H,8,11-13H2,1H3,(H,26,30)(H,31,32)/t17-,18+,21-/m0/s1. The zero-order valence-corrected chi connectivity index (χ0v) is 18.9. The molecule has 1 aromatic heterocycles. The molecule has 35 heavy (non-hydrogen) atoms. The molecule has 0 unspecified atom stereocenters. The Morgan fingerprint density at radius 1 is 1.20 bits per heavy atom. The van der Waals surface area contributed by atoms with Crippen LogP contribution in [0.5, 0.6) is 0 Å². The van der Waals surface area contributed by atoms with Crippen LogP contribution in [-0.2, 0) is 23.0 Å². The Morgan fingerprint density at radius 3 is 2.60 bits per heavy atom. The maximum Gasteiger partial charge on any atom is 0.419 e. The minimum atomic E-state index is -1.27. The number of nitriles is 1. The highest BCUT2D eigenvalue weighted by atomic mass is 16.5. The molecule has 3 atom stereocenters. The van der Waals surface area contributed by atoms with Crippen molar-refractivity contribution in [1.82, 2.24) is 14.8 Å². The summed E-state index contributed by atoms with van der Waals surface area (Å²) in [6.45, 7) is -0.575. The molecule has 11 nitrogen and oxygen atoms in total. The van der Waals surface area contributed by atoms with E-state index < -0.39 is 36.0 Å².